The first-order chi connectivity index (χ1) is 9.79. The minimum Gasteiger partial charge on any atom is -0.467 e. The van der Waals surface area contributed by atoms with E-state index < -0.39 is 0 Å². The van der Waals surface area contributed by atoms with Crippen LogP contribution in [0.3, 0.4) is 0 Å². The van der Waals surface area contributed by atoms with E-state index in [0.29, 0.717) is 4.58 Å². The van der Waals surface area contributed by atoms with E-state index in [0.717, 1.165) is 29.4 Å². The molecule has 20 heavy (non-hydrogen) atoms. The molecule has 0 N–H and O–H groups in total. The van der Waals surface area contributed by atoms with Gasteiger partial charge >= 0.3 is 0 Å². The molecule has 1 aromatic rings. The number of furan rings is 1. The van der Waals surface area contributed by atoms with Crippen LogP contribution in [0.1, 0.15) is 16.8 Å². The lowest BCUT2D eigenvalue weighted by Gasteiger charge is -2.05. The number of hydrogen-bond acceptors (Lipinski definition) is 6. The quantitative estimate of drug-likeness (QED) is 0.477. The van der Waals surface area contributed by atoms with E-state index >= 15 is 0 Å². The van der Waals surface area contributed by atoms with Gasteiger partial charge in [-0.15, -0.1) is 23.5 Å². The molecule has 108 valence electrons. The van der Waals surface area contributed by atoms with E-state index in [1.807, 2.05) is 47.4 Å². The summed E-state index contributed by atoms with van der Waals surface area (Å²) in [5, 5.41) is 2.31. The minimum atomic E-state index is 0.0670. The molecule has 0 aromatic carbocycles. The Kier molecular flexibility index (Phi) is 7.27. The third-order valence-corrected chi connectivity index (χ3v) is 7.33. The predicted molar refractivity (Wildman–Crippen MR) is 94.3 cm³/mol. The number of carbonyl (C=O) groups is 1. The van der Waals surface area contributed by atoms with Crippen LogP contribution in [0.5, 0.6) is 0 Å². The summed E-state index contributed by atoms with van der Waals surface area (Å²) in [6.45, 7) is 3.46. The summed E-state index contributed by atoms with van der Waals surface area (Å²) < 4.78 is 5.81. The first-order valence-corrected chi connectivity index (χ1v) is 10.2. The third-order valence-electron chi connectivity index (χ3n) is 2.49. The topological polar surface area (TPSA) is 30.2 Å². The highest BCUT2D eigenvalue weighted by molar-refractivity contribution is 8.22. The lowest BCUT2D eigenvalue weighted by molar-refractivity contribution is -0.107. The fraction of sp³-hybridized carbons (Fsp3) is 0.357. The summed E-state index contributed by atoms with van der Waals surface area (Å²) in [4.78, 5) is 12.4. The Labute approximate surface area is 136 Å². The molecule has 1 aliphatic rings. The molecular weight excluding hydrogens is 328 g/mol. The Balaban J connectivity index is 1.55. The van der Waals surface area contributed by atoms with Crippen molar-refractivity contribution in [2.45, 2.75) is 11.0 Å². The molecule has 1 atom stereocenters. The van der Waals surface area contributed by atoms with Crippen LogP contribution in [-0.4, -0.2) is 22.4 Å². The number of carbonyl (C=O) groups excluding carboxylic acids is 1. The molecule has 2 rings (SSSR count). The fourth-order valence-corrected chi connectivity index (χ4v) is 5.91. The van der Waals surface area contributed by atoms with Crippen molar-refractivity contribution in [3.8, 4) is 0 Å². The summed E-state index contributed by atoms with van der Waals surface area (Å²) in [7, 11) is 0. The van der Waals surface area contributed by atoms with Gasteiger partial charge in [0, 0.05) is 11.5 Å². The summed E-state index contributed by atoms with van der Waals surface area (Å²) in [6, 6.07) is 3.97. The highest BCUT2D eigenvalue weighted by Crippen LogP contribution is 2.51. The Morgan fingerprint density at radius 2 is 2.35 bits per heavy atom. The Morgan fingerprint density at radius 1 is 1.45 bits per heavy atom. The monoisotopic (exact) mass is 344 g/mol. The smallest absolute Gasteiger partial charge is 0.211 e. The van der Waals surface area contributed by atoms with Crippen LogP contribution in [0.2, 0.25) is 0 Å². The van der Waals surface area contributed by atoms with Gasteiger partial charge < -0.3 is 4.42 Å². The molecule has 1 aliphatic heterocycles. The third kappa shape index (κ3) is 5.31. The van der Waals surface area contributed by atoms with Crippen molar-refractivity contribution in [1.82, 2.24) is 0 Å². The van der Waals surface area contributed by atoms with Crippen LogP contribution < -0.4 is 0 Å². The van der Waals surface area contributed by atoms with E-state index in [2.05, 4.69) is 12.0 Å². The number of thioether (sulfide) groups is 4. The van der Waals surface area contributed by atoms with Gasteiger partial charge in [0.05, 0.1) is 6.26 Å². The van der Waals surface area contributed by atoms with Gasteiger partial charge in [0.25, 0.3) is 0 Å². The Bertz CT molecular complexity index is 468. The van der Waals surface area contributed by atoms with Crippen molar-refractivity contribution in [1.29, 1.82) is 0 Å². The Hall–Kier alpha value is -0.170. The zero-order chi connectivity index (χ0) is 14.2. The van der Waals surface area contributed by atoms with E-state index in [9.17, 15) is 4.79 Å². The van der Waals surface area contributed by atoms with Gasteiger partial charge in [-0.3, -0.25) is 4.79 Å². The molecule has 1 unspecified atom stereocenters. The van der Waals surface area contributed by atoms with Crippen LogP contribution in [0.25, 0.3) is 0 Å². The van der Waals surface area contributed by atoms with Crippen LogP contribution in [0.4, 0.5) is 0 Å². The van der Waals surface area contributed by atoms with E-state index in [4.69, 9.17) is 4.42 Å². The van der Waals surface area contributed by atoms with Crippen molar-refractivity contribution in [2.24, 2.45) is 0 Å². The molecule has 0 bridgehead atoms. The highest BCUT2D eigenvalue weighted by Gasteiger charge is 2.22. The molecule has 0 saturated carbocycles. The summed E-state index contributed by atoms with van der Waals surface area (Å²) in [5.74, 6) is 4.02. The van der Waals surface area contributed by atoms with Crippen molar-refractivity contribution in [3.63, 3.8) is 0 Å². The van der Waals surface area contributed by atoms with Crippen molar-refractivity contribution < 1.29 is 9.21 Å². The predicted octanol–water partition coefficient (Wildman–Crippen LogP) is 5.17. The minimum absolute atomic E-state index is 0.0670. The molecule has 0 amide bonds. The first kappa shape index (κ1) is 16.2. The lowest BCUT2D eigenvalue weighted by atomic mass is 10.5. The second-order valence-corrected chi connectivity index (χ2v) is 8.75. The fourth-order valence-electron chi connectivity index (χ4n) is 1.53. The van der Waals surface area contributed by atoms with Gasteiger partial charge in [0.15, 0.2) is 0 Å². The van der Waals surface area contributed by atoms with Gasteiger partial charge in [0.1, 0.15) is 10.3 Å². The molecule has 1 aromatic heterocycles. The second-order valence-electron chi connectivity index (χ2n) is 3.92. The largest absolute Gasteiger partial charge is 0.467 e. The number of allylic oxidation sites excluding steroid dienone is 1. The number of hydrogen-bond donors (Lipinski definition) is 0. The second kappa shape index (κ2) is 8.97. The van der Waals surface area contributed by atoms with E-state index in [1.165, 1.54) is 22.7 Å². The molecule has 0 fully saturated rings. The van der Waals surface area contributed by atoms with Gasteiger partial charge in [-0.1, -0.05) is 18.3 Å². The standard InChI is InChI=1S/C14H16O2S4/c1-2-13(15)18-9-8-17-7-5-11-10-19-14(20-11)12-4-3-6-16-12/h2-4,6,10,14H,1,5,7-9H2. The highest BCUT2D eigenvalue weighted by atomic mass is 32.2. The van der Waals surface area contributed by atoms with Crippen molar-refractivity contribution in [3.05, 3.63) is 47.1 Å². The average Bonchev–Trinajstić information content (AvgIpc) is 3.12. The first-order valence-electron chi connectivity index (χ1n) is 6.21. The normalized spacial score (nSPS) is 18.0. The van der Waals surface area contributed by atoms with Crippen LogP contribution in [0, 0.1) is 0 Å². The van der Waals surface area contributed by atoms with E-state index in [1.54, 1.807) is 6.26 Å². The van der Waals surface area contributed by atoms with Crippen molar-refractivity contribution in [2.75, 3.05) is 17.3 Å². The van der Waals surface area contributed by atoms with Gasteiger partial charge in [-0.25, -0.2) is 0 Å². The molecule has 0 spiro atoms. The summed E-state index contributed by atoms with van der Waals surface area (Å²) in [5.41, 5.74) is 0. The zero-order valence-corrected chi connectivity index (χ0v) is 14.2. The molecule has 0 radical (unpaired) electrons. The van der Waals surface area contributed by atoms with Gasteiger partial charge in [0.2, 0.25) is 5.12 Å². The lowest BCUT2D eigenvalue weighted by Crippen LogP contribution is -1.92. The van der Waals surface area contributed by atoms with Crippen LogP contribution in [-0.2, 0) is 4.79 Å². The molecular formula is C14H16O2S4. The van der Waals surface area contributed by atoms with E-state index in [-0.39, 0.29) is 5.12 Å². The SMILES string of the molecule is C=CC(=O)SCCSCCC1=CSC(c2ccco2)S1. The van der Waals surface area contributed by atoms with Crippen molar-refractivity contribution >= 4 is 52.2 Å². The average molecular weight is 345 g/mol. The molecule has 2 nitrogen and oxygen atoms in total. The molecule has 0 saturated heterocycles. The zero-order valence-electron chi connectivity index (χ0n) is 10.9. The van der Waals surface area contributed by atoms with Gasteiger partial charge in [-0.2, -0.15) is 11.8 Å². The van der Waals surface area contributed by atoms with Crippen LogP contribution >= 0.6 is 47.0 Å². The molecule has 2 heterocycles. The number of rotatable bonds is 8. The molecule has 0 aliphatic carbocycles. The Morgan fingerprint density at radius 3 is 3.10 bits per heavy atom. The van der Waals surface area contributed by atoms with Gasteiger partial charge in [-0.05, 0) is 40.7 Å². The maximum atomic E-state index is 11.0. The van der Waals surface area contributed by atoms with Crippen LogP contribution in [0.15, 0.2) is 45.8 Å². The maximum Gasteiger partial charge on any atom is 0.211 e. The maximum absolute atomic E-state index is 11.0. The molecule has 6 heteroatoms. The summed E-state index contributed by atoms with van der Waals surface area (Å²) in [6.07, 6.45) is 4.20. The summed E-state index contributed by atoms with van der Waals surface area (Å²) >= 11 is 6.95.